The molecule has 1 heterocycles. The van der Waals surface area contributed by atoms with Gasteiger partial charge in [-0.2, -0.15) is 0 Å². The lowest BCUT2D eigenvalue weighted by molar-refractivity contribution is -0.128. The number of rotatable bonds is 5. The molecule has 1 atom stereocenters. The third-order valence-corrected chi connectivity index (χ3v) is 4.27. The molecule has 0 aromatic heterocycles. The molecule has 0 saturated carbocycles. The van der Waals surface area contributed by atoms with E-state index in [1.807, 2.05) is 17.0 Å². The number of phenols is 1. The van der Waals surface area contributed by atoms with Crippen LogP contribution in [0.5, 0.6) is 5.75 Å². The van der Waals surface area contributed by atoms with Crippen LogP contribution in [0.3, 0.4) is 0 Å². The Kier molecular flexibility index (Phi) is 4.29. The van der Waals surface area contributed by atoms with Gasteiger partial charge in [0.2, 0.25) is 5.91 Å². The molecule has 2 aromatic carbocycles. The van der Waals surface area contributed by atoms with Crippen LogP contribution < -0.4 is 0 Å². The molecule has 1 amide bonds. The van der Waals surface area contributed by atoms with Crippen molar-refractivity contribution in [2.45, 2.75) is 12.8 Å². The molecule has 1 aliphatic heterocycles. The maximum Gasteiger partial charge on any atom is 0.223 e. The summed E-state index contributed by atoms with van der Waals surface area (Å²) in [6, 6.07) is 11.7. The molecule has 4 nitrogen and oxygen atoms in total. The number of fused-ring (bicyclic) bond motifs is 1. The van der Waals surface area contributed by atoms with E-state index < -0.39 is 0 Å². The SMILES string of the molecule is COCCN1CC(Cc2ccc3cc(O)ccc3c2)CC1=O. The smallest absolute Gasteiger partial charge is 0.223 e. The van der Waals surface area contributed by atoms with Gasteiger partial charge in [0.05, 0.1) is 6.61 Å². The fourth-order valence-corrected chi connectivity index (χ4v) is 3.15. The Balaban J connectivity index is 1.68. The summed E-state index contributed by atoms with van der Waals surface area (Å²) in [6.07, 6.45) is 1.53. The molecule has 1 unspecified atom stereocenters. The van der Waals surface area contributed by atoms with E-state index in [2.05, 4.69) is 12.1 Å². The Labute approximate surface area is 130 Å². The lowest BCUT2D eigenvalue weighted by atomic mass is 9.96. The predicted octanol–water partition coefficient (Wildman–Crippen LogP) is 2.58. The molecule has 2 aromatic rings. The number of benzene rings is 2. The van der Waals surface area contributed by atoms with E-state index in [1.165, 1.54) is 5.56 Å². The third kappa shape index (κ3) is 3.22. The molecule has 4 heteroatoms. The van der Waals surface area contributed by atoms with E-state index in [4.69, 9.17) is 4.74 Å². The van der Waals surface area contributed by atoms with Gasteiger partial charge in [0.25, 0.3) is 0 Å². The van der Waals surface area contributed by atoms with Crippen molar-refractivity contribution in [2.75, 3.05) is 26.8 Å². The highest BCUT2D eigenvalue weighted by Gasteiger charge is 2.29. The van der Waals surface area contributed by atoms with Crippen LogP contribution in [-0.2, 0) is 16.0 Å². The number of amides is 1. The van der Waals surface area contributed by atoms with E-state index in [0.717, 1.165) is 23.7 Å². The minimum atomic E-state index is 0.229. The monoisotopic (exact) mass is 299 g/mol. The highest BCUT2D eigenvalue weighted by Crippen LogP contribution is 2.25. The second kappa shape index (κ2) is 6.36. The van der Waals surface area contributed by atoms with E-state index in [0.29, 0.717) is 25.5 Å². The van der Waals surface area contributed by atoms with E-state index in [-0.39, 0.29) is 11.7 Å². The van der Waals surface area contributed by atoms with Gasteiger partial charge < -0.3 is 14.7 Å². The van der Waals surface area contributed by atoms with Crippen molar-refractivity contribution in [1.29, 1.82) is 0 Å². The second-order valence-electron chi connectivity index (χ2n) is 5.97. The molecule has 1 aliphatic rings. The third-order valence-electron chi connectivity index (χ3n) is 4.27. The van der Waals surface area contributed by atoms with E-state index >= 15 is 0 Å². The van der Waals surface area contributed by atoms with Crippen LogP contribution >= 0.6 is 0 Å². The average molecular weight is 299 g/mol. The Bertz CT molecular complexity index is 683. The number of methoxy groups -OCH3 is 1. The van der Waals surface area contributed by atoms with Crippen molar-refractivity contribution in [2.24, 2.45) is 5.92 Å². The largest absolute Gasteiger partial charge is 0.508 e. The maximum absolute atomic E-state index is 12.0. The van der Waals surface area contributed by atoms with Gasteiger partial charge in [-0.3, -0.25) is 4.79 Å². The average Bonchev–Trinajstić information content (AvgIpc) is 2.85. The standard InChI is InChI=1S/C18H21NO3/c1-22-7-6-19-12-14(10-18(19)21)8-13-2-3-16-11-17(20)5-4-15(16)9-13/h2-5,9,11,14,20H,6-8,10,12H2,1H3. The number of aromatic hydroxyl groups is 1. The van der Waals surface area contributed by atoms with Gasteiger partial charge in [-0.05, 0) is 40.8 Å². The van der Waals surface area contributed by atoms with Crippen molar-refractivity contribution >= 4 is 16.7 Å². The van der Waals surface area contributed by atoms with Crippen LogP contribution in [-0.4, -0.2) is 42.7 Å². The van der Waals surface area contributed by atoms with Gasteiger partial charge in [-0.1, -0.05) is 24.3 Å². The summed E-state index contributed by atoms with van der Waals surface area (Å²) >= 11 is 0. The minimum Gasteiger partial charge on any atom is -0.508 e. The molecule has 0 radical (unpaired) electrons. The van der Waals surface area contributed by atoms with Crippen LogP contribution in [0.4, 0.5) is 0 Å². The molecule has 1 saturated heterocycles. The number of nitrogens with zero attached hydrogens (tertiary/aromatic N) is 1. The molecule has 3 rings (SSSR count). The lowest BCUT2D eigenvalue weighted by Crippen LogP contribution is -2.28. The Morgan fingerprint density at radius 2 is 2.00 bits per heavy atom. The summed E-state index contributed by atoms with van der Waals surface area (Å²) in [4.78, 5) is 13.9. The quantitative estimate of drug-likeness (QED) is 0.923. The Hall–Kier alpha value is -2.07. The summed E-state index contributed by atoms with van der Waals surface area (Å²) in [7, 11) is 1.66. The zero-order valence-electron chi connectivity index (χ0n) is 12.8. The van der Waals surface area contributed by atoms with E-state index in [9.17, 15) is 9.90 Å². The second-order valence-corrected chi connectivity index (χ2v) is 5.97. The highest BCUT2D eigenvalue weighted by molar-refractivity contribution is 5.84. The first-order valence-corrected chi connectivity index (χ1v) is 7.64. The van der Waals surface area contributed by atoms with Crippen molar-refractivity contribution in [3.8, 4) is 5.75 Å². The molecule has 1 N–H and O–H groups in total. The van der Waals surface area contributed by atoms with Crippen LogP contribution in [0, 0.1) is 5.92 Å². The van der Waals surface area contributed by atoms with Gasteiger partial charge in [0, 0.05) is 26.6 Å². The number of carbonyl (C=O) groups is 1. The molecular formula is C18H21NO3. The van der Waals surface area contributed by atoms with Crippen molar-refractivity contribution in [3.63, 3.8) is 0 Å². The predicted molar refractivity (Wildman–Crippen MR) is 85.9 cm³/mol. The van der Waals surface area contributed by atoms with Gasteiger partial charge in [-0.25, -0.2) is 0 Å². The minimum absolute atomic E-state index is 0.229. The zero-order valence-corrected chi connectivity index (χ0v) is 12.8. The molecule has 22 heavy (non-hydrogen) atoms. The highest BCUT2D eigenvalue weighted by atomic mass is 16.5. The fourth-order valence-electron chi connectivity index (χ4n) is 3.15. The van der Waals surface area contributed by atoms with Crippen LogP contribution in [0.2, 0.25) is 0 Å². The Morgan fingerprint density at radius 1 is 1.23 bits per heavy atom. The lowest BCUT2D eigenvalue weighted by Gasteiger charge is -2.16. The first-order valence-electron chi connectivity index (χ1n) is 7.64. The molecule has 0 spiro atoms. The molecule has 0 aliphatic carbocycles. The van der Waals surface area contributed by atoms with Crippen LogP contribution in [0.25, 0.3) is 10.8 Å². The molecular weight excluding hydrogens is 278 g/mol. The van der Waals surface area contributed by atoms with Crippen molar-refractivity contribution in [3.05, 3.63) is 42.0 Å². The van der Waals surface area contributed by atoms with Crippen LogP contribution in [0.15, 0.2) is 36.4 Å². The Morgan fingerprint density at radius 3 is 2.82 bits per heavy atom. The number of phenolic OH excluding ortho intramolecular Hbond substituents is 1. The van der Waals surface area contributed by atoms with Crippen molar-refractivity contribution in [1.82, 2.24) is 4.90 Å². The summed E-state index contributed by atoms with van der Waals surface area (Å²) in [6.45, 7) is 2.09. The molecule has 116 valence electrons. The van der Waals surface area contributed by atoms with Gasteiger partial charge >= 0.3 is 0 Å². The normalized spacial score (nSPS) is 18.3. The fraction of sp³-hybridized carbons (Fsp3) is 0.389. The first-order chi connectivity index (χ1) is 10.7. The van der Waals surface area contributed by atoms with Crippen LogP contribution in [0.1, 0.15) is 12.0 Å². The molecule has 0 bridgehead atoms. The maximum atomic E-state index is 12.0. The summed E-state index contributed by atoms with van der Waals surface area (Å²) in [5.41, 5.74) is 1.24. The zero-order chi connectivity index (χ0) is 15.5. The summed E-state index contributed by atoms with van der Waals surface area (Å²) < 4.78 is 5.05. The number of likely N-dealkylation sites (tertiary alicyclic amines) is 1. The summed E-state index contributed by atoms with van der Waals surface area (Å²) in [5.74, 6) is 0.891. The van der Waals surface area contributed by atoms with Gasteiger partial charge in [0.1, 0.15) is 5.75 Å². The number of hydrogen-bond donors (Lipinski definition) is 1. The van der Waals surface area contributed by atoms with Gasteiger partial charge in [0.15, 0.2) is 0 Å². The van der Waals surface area contributed by atoms with E-state index in [1.54, 1.807) is 19.2 Å². The van der Waals surface area contributed by atoms with Gasteiger partial charge in [-0.15, -0.1) is 0 Å². The number of ether oxygens (including phenoxy) is 1. The number of carbonyl (C=O) groups excluding carboxylic acids is 1. The number of hydrogen-bond acceptors (Lipinski definition) is 3. The summed E-state index contributed by atoms with van der Waals surface area (Å²) in [5, 5.41) is 11.7. The van der Waals surface area contributed by atoms with Crippen molar-refractivity contribution < 1.29 is 14.6 Å². The first kappa shape index (κ1) is 14.9. The molecule has 1 fully saturated rings. The topological polar surface area (TPSA) is 49.8 Å².